The molecule has 0 aliphatic carbocycles. The number of hydrogen-bond acceptors (Lipinski definition) is 3. The van der Waals surface area contributed by atoms with Crippen LogP contribution in [0.1, 0.15) is 13.8 Å². The topological polar surface area (TPSA) is 46.5 Å². The zero-order valence-electron chi connectivity index (χ0n) is 7.16. The van der Waals surface area contributed by atoms with Gasteiger partial charge < -0.3 is 9.84 Å². The Morgan fingerprint density at radius 2 is 2.33 bits per heavy atom. The third-order valence-corrected chi connectivity index (χ3v) is 1.73. The number of rotatable bonds is 4. The molecule has 0 amide bonds. The van der Waals surface area contributed by atoms with Crippen molar-refractivity contribution in [2.45, 2.75) is 24.8 Å². The van der Waals surface area contributed by atoms with Crippen LogP contribution < -0.4 is 0 Å². The SMILES string of the molecule is CCOC(=O)/C=C/[C@H](O)[C@H](C)Br. The van der Waals surface area contributed by atoms with E-state index in [0.717, 1.165) is 0 Å². The molecule has 0 unspecified atom stereocenters. The standard InChI is InChI=1S/C8H13BrO3/c1-3-12-8(11)5-4-7(10)6(2)9/h4-7,10H,3H2,1-2H3/b5-4+/t6-,7-/m0/s1. The summed E-state index contributed by atoms with van der Waals surface area (Å²) >= 11 is 3.18. The third-order valence-electron chi connectivity index (χ3n) is 1.19. The highest BCUT2D eigenvalue weighted by Gasteiger charge is 2.06. The third kappa shape index (κ3) is 5.32. The van der Waals surface area contributed by atoms with Crippen molar-refractivity contribution in [2.75, 3.05) is 6.61 Å². The lowest BCUT2D eigenvalue weighted by molar-refractivity contribution is -0.137. The first-order valence-electron chi connectivity index (χ1n) is 3.75. The highest BCUT2D eigenvalue weighted by Crippen LogP contribution is 2.05. The summed E-state index contributed by atoms with van der Waals surface area (Å²) in [6, 6.07) is 0. The number of esters is 1. The Kier molecular flexibility index (Phi) is 6.02. The van der Waals surface area contributed by atoms with E-state index in [0.29, 0.717) is 6.61 Å². The molecule has 0 aromatic heterocycles. The average molecular weight is 237 g/mol. The van der Waals surface area contributed by atoms with Crippen molar-refractivity contribution >= 4 is 21.9 Å². The Morgan fingerprint density at radius 3 is 2.75 bits per heavy atom. The number of ether oxygens (including phenoxy) is 1. The van der Waals surface area contributed by atoms with Crippen molar-refractivity contribution in [2.24, 2.45) is 0 Å². The van der Waals surface area contributed by atoms with Crippen LogP contribution in [0.25, 0.3) is 0 Å². The molecule has 70 valence electrons. The Balaban J connectivity index is 3.81. The fourth-order valence-electron chi connectivity index (χ4n) is 0.521. The molecule has 0 saturated carbocycles. The van der Waals surface area contributed by atoms with Crippen LogP contribution in [0.15, 0.2) is 12.2 Å². The van der Waals surface area contributed by atoms with E-state index in [9.17, 15) is 9.90 Å². The maximum atomic E-state index is 10.7. The zero-order valence-corrected chi connectivity index (χ0v) is 8.74. The van der Waals surface area contributed by atoms with E-state index in [4.69, 9.17) is 0 Å². The molecular formula is C8H13BrO3. The first-order chi connectivity index (χ1) is 5.57. The molecule has 0 saturated heterocycles. The molecule has 0 aliphatic heterocycles. The fraction of sp³-hybridized carbons (Fsp3) is 0.625. The summed E-state index contributed by atoms with van der Waals surface area (Å²) in [4.78, 5) is 10.7. The monoisotopic (exact) mass is 236 g/mol. The molecule has 3 nitrogen and oxygen atoms in total. The van der Waals surface area contributed by atoms with Gasteiger partial charge in [-0.1, -0.05) is 15.9 Å². The summed E-state index contributed by atoms with van der Waals surface area (Å²) in [6.07, 6.45) is 1.97. The summed E-state index contributed by atoms with van der Waals surface area (Å²) in [5, 5.41) is 9.20. The number of alkyl halides is 1. The van der Waals surface area contributed by atoms with Crippen LogP contribution in [0.4, 0.5) is 0 Å². The lowest BCUT2D eigenvalue weighted by Crippen LogP contribution is -2.14. The zero-order chi connectivity index (χ0) is 9.56. The number of carbonyl (C=O) groups is 1. The Labute approximate surface area is 80.5 Å². The smallest absolute Gasteiger partial charge is 0.330 e. The first kappa shape index (κ1) is 11.6. The Bertz CT molecular complexity index is 166. The second-order valence-corrected chi connectivity index (χ2v) is 3.72. The van der Waals surface area contributed by atoms with Gasteiger partial charge in [0.15, 0.2) is 0 Å². The van der Waals surface area contributed by atoms with Gasteiger partial charge in [0.25, 0.3) is 0 Å². The van der Waals surface area contributed by atoms with E-state index in [1.807, 2.05) is 0 Å². The van der Waals surface area contributed by atoms with E-state index in [1.54, 1.807) is 13.8 Å². The van der Waals surface area contributed by atoms with Gasteiger partial charge in [0.05, 0.1) is 12.7 Å². The molecule has 0 bridgehead atoms. The van der Waals surface area contributed by atoms with Crippen molar-refractivity contribution in [1.82, 2.24) is 0 Å². The molecule has 0 rings (SSSR count). The summed E-state index contributed by atoms with van der Waals surface area (Å²) in [5.74, 6) is -0.426. The fourth-order valence-corrected chi connectivity index (χ4v) is 0.697. The first-order valence-corrected chi connectivity index (χ1v) is 4.66. The molecule has 2 atom stereocenters. The molecule has 0 spiro atoms. The van der Waals surface area contributed by atoms with Gasteiger partial charge in [-0.15, -0.1) is 0 Å². The van der Waals surface area contributed by atoms with Crippen LogP contribution >= 0.6 is 15.9 Å². The predicted octanol–water partition coefficient (Wildman–Crippen LogP) is 1.25. The largest absolute Gasteiger partial charge is 0.463 e. The van der Waals surface area contributed by atoms with Crippen molar-refractivity contribution in [3.05, 3.63) is 12.2 Å². The summed E-state index contributed by atoms with van der Waals surface area (Å²) in [7, 11) is 0. The van der Waals surface area contributed by atoms with E-state index >= 15 is 0 Å². The van der Waals surface area contributed by atoms with E-state index in [-0.39, 0.29) is 4.83 Å². The Morgan fingerprint density at radius 1 is 1.75 bits per heavy atom. The van der Waals surface area contributed by atoms with Gasteiger partial charge >= 0.3 is 5.97 Å². The highest BCUT2D eigenvalue weighted by atomic mass is 79.9. The van der Waals surface area contributed by atoms with Gasteiger partial charge in [-0.2, -0.15) is 0 Å². The average Bonchev–Trinajstić information content (AvgIpc) is 2.00. The summed E-state index contributed by atoms with van der Waals surface area (Å²) < 4.78 is 4.62. The van der Waals surface area contributed by atoms with Crippen LogP contribution in [-0.4, -0.2) is 28.6 Å². The summed E-state index contributed by atoms with van der Waals surface area (Å²) in [5.41, 5.74) is 0. The molecular weight excluding hydrogens is 224 g/mol. The second-order valence-electron chi connectivity index (χ2n) is 2.28. The molecule has 0 fully saturated rings. The van der Waals surface area contributed by atoms with Gasteiger partial charge in [-0.05, 0) is 19.9 Å². The number of aliphatic hydroxyl groups is 1. The minimum atomic E-state index is -0.658. The van der Waals surface area contributed by atoms with Gasteiger partial charge in [-0.25, -0.2) is 4.79 Å². The van der Waals surface area contributed by atoms with E-state index in [1.165, 1.54) is 12.2 Å². The number of aliphatic hydroxyl groups excluding tert-OH is 1. The van der Waals surface area contributed by atoms with Crippen LogP contribution in [0.3, 0.4) is 0 Å². The van der Waals surface area contributed by atoms with E-state index in [2.05, 4.69) is 20.7 Å². The van der Waals surface area contributed by atoms with Crippen LogP contribution in [0.5, 0.6) is 0 Å². The predicted molar refractivity (Wildman–Crippen MR) is 50.2 cm³/mol. The summed E-state index contributed by atoms with van der Waals surface area (Å²) in [6.45, 7) is 3.87. The van der Waals surface area contributed by atoms with Gasteiger partial charge in [0.2, 0.25) is 0 Å². The quantitative estimate of drug-likeness (QED) is 0.454. The van der Waals surface area contributed by atoms with Crippen molar-refractivity contribution in [3.8, 4) is 0 Å². The Hall–Kier alpha value is -0.350. The second kappa shape index (κ2) is 6.20. The molecule has 0 radical (unpaired) electrons. The molecule has 0 aliphatic rings. The molecule has 4 heteroatoms. The maximum Gasteiger partial charge on any atom is 0.330 e. The molecule has 0 heterocycles. The van der Waals surface area contributed by atoms with E-state index < -0.39 is 12.1 Å². The van der Waals surface area contributed by atoms with Crippen LogP contribution in [0, 0.1) is 0 Å². The van der Waals surface area contributed by atoms with Crippen molar-refractivity contribution in [1.29, 1.82) is 0 Å². The van der Waals surface area contributed by atoms with Gasteiger partial charge in [0.1, 0.15) is 0 Å². The maximum absolute atomic E-state index is 10.7. The molecule has 1 N–H and O–H groups in total. The minimum absolute atomic E-state index is 0.0665. The number of halogens is 1. The lowest BCUT2D eigenvalue weighted by Gasteiger charge is -2.06. The number of carbonyl (C=O) groups excluding carboxylic acids is 1. The van der Waals surface area contributed by atoms with Crippen molar-refractivity contribution < 1.29 is 14.6 Å². The molecule has 0 aromatic rings. The normalized spacial score (nSPS) is 16.0. The molecule has 12 heavy (non-hydrogen) atoms. The lowest BCUT2D eigenvalue weighted by atomic mass is 10.2. The number of hydrogen-bond donors (Lipinski definition) is 1. The van der Waals surface area contributed by atoms with Gasteiger partial charge in [-0.3, -0.25) is 0 Å². The van der Waals surface area contributed by atoms with Gasteiger partial charge in [0, 0.05) is 10.9 Å². The minimum Gasteiger partial charge on any atom is -0.463 e. The molecule has 0 aromatic carbocycles. The van der Waals surface area contributed by atoms with Crippen LogP contribution in [-0.2, 0) is 9.53 Å². The van der Waals surface area contributed by atoms with Crippen molar-refractivity contribution in [3.63, 3.8) is 0 Å². The highest BCUT2D eigenvalue weighted by molar-refractivity contribution is 9.09. The van der Waals surface area contributed by atoms with Crippen LogP contribution in [0.2, 0.25) is 0 Å².